The lowest BCUT2D eigenvalue weighted by Gasteiger charge is -2.05. The Morgan fingerprint density at radius 1 is 1.27 bits per heavy atom. The van der Waals surface area contributed by atoms with Crippen molar-refractivity contribution in [3.05, 3.63) is 42.0 Å². The van der Waals surface area contributed by atoms with E-state index < -0.39 is 0 Å². The third-order valence-corrected chi connectivity index (χ3v) is 1.90. The summed E-state index contributed by atoms with van der Waals surface area (Å²) in [7, 11) is 0. The molecule has 0 spiro atoms. The first-order valence-corrected chi connectivity index (χ1v) is 4.16. The lowest BCUT2D eigenvalue weighted by molar-refractivity contribution is 0.620. The summed E-state index contributed by atoms with van der Waals surface area (Å²) in [5, 5.41) is 7.84. The fourth-order valence-corrected chi connectivity index (χ4v) is 1.24. The van der Waals surface area contributed by atoms with Gasteiger partial charge >= 0.3 is 0 Å². The molecule has 4 nitrogen and oxygen atoms in total. The summed E-state index contributed by atoms with van der Waals surface area (Å²) in [5.74, 6) is -0.325. The van der Waals surface area contributed by atoms with Crippen LogP contribution in [-0.4, -0.2) is 15.0 Å². The maximum Gasteiger partial charge on any atom is 0.125 e. The van der Waals surface area contributed by atoms with Crippen LogP contribution in [0.15, 0.2) is 30.6 Å². The van der Waals surface area contributed by atoms with Gasteiger partial charge in [-0.05, 0) is 11.6 Å². The van der Waals surface area contributed by atoms with Crippen molar-refractivity contribution < 1.29 is 4.39 Å². The van der Waals surface area contributed by atoms with Gasteiger partial charge in [0.05, 0.1) is 18.1 Å². The highest BCUT2D eigenvalue weighted by Gasteiger charge is 2.05. The van der Waals surface area contributed by atoms with E-state index in [0.29, 0.717) is 12.2 Å². The number of nitrogens with zero attached hydrogens (tertiary/aromatic N) is 3. The van der Waals surface area contributed by atoms with E-state index >= 15 is 0 Å². The monoisotopic (exact) mass is 228 g/mol. The third kappa shape index (κ3) is 2.31. The Bertz CT molecular complexity index is 430. The summed E-state index contributed by atoms with van der Waals surface area (Å²) in [5.41, 5.74) is 6.90. The van der Waals surface area contributed by atoms with Crippen LogP contribution in [0.25, 0.3) is 5.69 Å². The van der Waals surface area contributed by atoms with Gasteiger partial charge in [-0.2, -0.15) is 15.0 Å². The molecule has 80 valence electrons. The van der Waals surface area contributed by atoms with E-state index in [-0.39, 0.29) is 18.2 Å². The summed E-state index contributed by atoms with van der Waals surface area (Å²) < 4.78 is 13.0. The molecular weight excluding hydrogens is 219 g/mol. The lowest BCUT2D eigenvalue weighted by Crippen LogP contribution is -2.07. The lowest BCUT2D eigenvalue weighted by atomic mass is 10.2. The highest BCUT2D eigenvalue weighted by atomic mass is 35.5. The van der Waals surface area contributed by atoms with Gasteiger partial charge in [-0.25, -0.2) is 4.39 Å². The predicted octanol–water partition coefficient (Wildman–Crippen LogP) is 1.29. The molecular formula is C9H10ClFN4. The quantitative estimate of drug-likeness (QED) is 0.843. The summed E-state index contributed by atoms with van der Waals surface area (Å²) in [6.45, 7) is 0.331. The van der Waals surface area contributed by atoms with Gasteiger partial charge in [-0.1, -0.05) is 6.07 Å². The minimum atomic E-state index is -0.325. The molecule has 0 unspecified atom stereocenters. The van der Waals surface area contributed by atoms with Gasteiger partial charge < -0.3 is 5.73 Å². The Balaban J connectivity index is 0.00000112. The highest BCUT2D eigenvalue weighted by Crippen LogP contribution is 2.13. The molecule has 0 saturated heterocycles. The van der Waals surface area contributed by atoms with Gasteiger partial charge in [0.1, 0.15) is 5.82 Å². The predicted molar refractivity (Wildman–Crippen MR) is 56.5 cm³/mol. The van der Waals surface area contributed by atoms with Crippen LogP contribution in [-0.2, 0) is 6.54 Å². The van der Waals surface area contributed by atoms with E-state index in [9.17, 15) is 4.39 Å². The third-order valence-electron chi connectivity index (χ3n) is 1.90. The van der Waals surface area contributed by atoms with E-state index in [0.717, 1.165) is 5.56 Å². The number of benzene rings is 1. The van der Waals surface area contributed by atoms with Crippen molar-refractivity contribution in [2.45, 2.75) is 6.54 Å². The van der Waals surface area contributed by atoms with Crippen LogP contribution in [0.3, 0.4) is 0 Å². The van der Waals surface area contributed by atoms with Gasteiger partial charge in [0.15, 0.2) is 0 Å². The van der Waals surface area contributed by atoms with Crippen molar-refractivity contribution in [1.29, 1.82) is 0 Å². The number of aromatic nitrogens is 3. The van der Waals surface area contributed by atoms with Crippen molar-refractivity contribution >= 4 is 12.4 Å². The molecule has 2 rings (SSSR count). The first kappa shape index (κ1) is 11.6. The van der Waals surface area contributed by atoms with E-state index in [4.69, 9.17) is 5.73 Å². The van der Waals surface area contributed by atoms with Crippen LogP contribution < -0.4 is 5.73 Å². The molecule has 0 fully saturated rings. The average molecular weight is 229 g/mol. The molecule has 0 amide bonds. The summed E-state index contributed by atoms with van der Waals surface area (Å²) in [4.78, 5) is 1.35. The zero-order chi connectivity index (χ0) is 9.97. The van der Waals surface area contributed by atoms with Crippen LogP contribution >= 0.6 is 12.4 Å². The zero-order valence-corrected chi connectivity index (χ0v) is 8.62. The van der Waals surface area contributed by atoms with Gasteiger partial charge in [-0.3, -0.25) is 0 Å². The fourth-order valence-electron chi connectivity index (χ4n) is 1.24. The second-order valence-electron chi connectivity index (χ2n) is 2.80. The zero-order valence-electron chi connectivity index (χ0n) is 7.80. The van der Waals surface area contributed by atoms with Crippen molar-refractivity contribution in [3.8, 4) is 5.69 Å². The summed E-state index contributed by atoms with van der Waals surface area (Å²) >= 11 is 0. The molecule has 0 aliphatic rings. The van der Waals surface area contributed by atoms with Crippen molar-refractivity contribution in [1.82, 2.24) is 15.0 Å². The molecule has 2 aromatic rings. The second kappa shape index (κ2) is 4.86. The first-order valence-electron chi connectivity index (χ1n) is 4.16. The van der Waals surface area contributed by atoms with E-state index in [2.05, 4.69) is 10.2 Å². The fraction of sp³-hybridized carbons (Fsp3) is 0.111. The highest BCUT2D eigenvalue weighted by molar-refractivity contribution is 5.85. The van der Waals surface area contributed by atoms with E-state index in [1.165, 1.54) is 29.3 Å². The molecule has 6 heteroatoms. The number of hydrogen-bond acceptors (Lipinski definition) is 3. The molecule has 1 aromatic carbocycles. The minimum Gasteiger partial charge on any atom is -0.326 e. The Hall–Kier alpha value is -1.46. The molecule has 0 radical (unpaired) electrons. The molecule has 15 heavy (non-hydrogen) atoms. The standard InChI is InChI=1S/C9H9FN4.ClH/c10-8-2-1-7(6-11)9(5-8)14-12-3-4-13-14;/h1-5H,6,11H2;1H. The van der Waals surface area contributed by atoms with Crippen LogP contribution in [0.5, 0.6) is 0 Å². The second-order valence-corrected chi connectivity index (χ2v) is 2.80. The van der Waals surface area contributed by atoms with Crippen molar-refractivity contribution in [3.63, 3.8) is 0 Å². The minimum absolute atomic E-state index is 0. The normalized spacial score (nSPS) is 9.73. The molecule has 0 bridgehead atoms. The SMILES string of the molecule is Cl.NCc1ccc(F)cc1-n1nccn1. The molecule has 0 aliphatic carbocycles. The summed E-state index contributed by atoms with van der Waals surface area (Å²) in [6.07, 6.45) is 3.07. The average Bonchev–Trinajstić information content (AvgIpc) is 2.70. The van der Waals surface area contributed by atoms with Crippen LogP contribution in [0.2, 0.25) is 0 Å². The van der Waals surface area contributed by atoms with E-state index in [1.54, 1.807) is 6.07 Å². The van der Waals surface area contributed by atoms with Gasteiger partial charge in [0.2, 0.25) is 0 Å². The molecule has 0 saturated carbocycles. The number of nitrogens with two attached hydrogens (primary N) is 1. The Labute approximate surface area is 92.3 Å². The molecule has 1 aromatic heterocycles. The molecule has 0 aliphatic heterocycles. The van der Waals surface area contributed by atoms with Crippen LogP contribution in [0, 0.1) is 5.82 Å². The number of rotatable bonds is 2. The van der Waals surface area contributed by atoms with Gasteiger partial charge in [0, 0.05) is 12.6 Å². The largest absolute Gasteiger partial charge is 0.326 e. The number of hydrogen-bond donors (Lipinski definition) is 1. The maximum atomic E-state index is 13.0. The van der Waals surface area contributed by atoms with Crippen LogP contribution in [0.1, 0.15) is 5.56 Å². The van der Waals surface area contributed by atoms with Crippen molar-refractivity contribution in [2.24, 2.45) is 5.73 Å². The number of halogens is 2. The van der Waals surface area contributed by atoms with Gasteiger partial charge in [0.25, 0.3) is 0 Å². The Kier molecular flexibility index (Phi) is 3.76. The van der Waals surface area contributed by atoms with Gasteiger partial charge in [-0.15, -0.1) is 12.4 Å². The summed E-state index contributed by atoms with van der Waals surface area (Å²) in [6, 6.07) is 4.37. The smallest absolute Gasteiger partial charge is 0.125 e. The van der Waals surface area contributed by atoms with Crippen LogP contribution in [0.4, 0.5) is 4.39 Å². The Morgan fingerprint density at radius 2 is 1.93 bits per heavy atom. The Morgan fingerprint density at radius 3 is 2.53 bits per heavy atom. The first-order chi connectivity index (χ1) is 6.81. The molecule has 0 atom stereocenters. The van der Waals surface area contributed by atoms with Crippen molar-refractivity contribution in [2.75, 3.05) is 0 Å². The maximum absolute atomic E-state index is 13.0. The van der Waals surface area contributed by atoms with E-state index in [1.807, 2.05) is 0 Å². The molecule has 1 heterocycles. The molecule has 2 N–H and O–H groups in total. The topological polar surface area (TPSA) is 56.7 Å².